The lowest BCUT2D eigenvalue weighted by Gasteiger charge is -2.10. The van der Waals surface area contributed by atoms with E-state index in [2.05, 4.69) is 37.3 Å². The zero-order chi connectivity index (χ0) is 15.5. The van der Waals surface area contributed by atoms with Gasteiger partial charge in [0.15, 0.2) is 0 Å². The van der Waals surface area contributed by atoms with Crippen molar-refractivity contribution in [2.75, 3.05) is 13.2 Å². The molecule has 0 radical (unpaired) electrons. The van der Waals surface area contributed by atoms with Crippen molar-refractivity contribution in [1.82, 2.24) is 0 Å². The van der Waals surface area contributed by atoms with Gasteiger partial charge in [0, 0.05) is 0 Å². The number of benzene rings is 2. The lowest BCUT2D eigenvalue weighted by Crippen LogP contribution is -2.06. The van der Waals surface area contributed by atoms with Crippen LogP contribution in [0.4, 0.5) is 0 Å². The van der Waals surface area contributed by atoms with Crippen LogP contribution >= 0.6 is 0 Å². The van der Waals surface area contributed by atoms with E-state index in [1.165, 1.54) is 16.7 Å². The molecular formula is C20H24O2. The van der Waals surface area contributed by atoms with Crippen LogP contribution < -0.4 is 0 Å². The zero-order valence-corrected chi connectivity index (χ0v) is 13.2. The third-order valence-corrected chi connectivity index (χ3v) is 3.29. The van der Waals surface area contributed by atoms with Gasteiger partial charge in [-0.2, -0.15) is 0 Å². The molecule has 0 unspecified atom stereocenters. The highest BCUT2D eigenvalue weighted by Crippen LogP contribution is 2.07. The fraction of sp³-hybridized carbons (Fsp3) is 0.300. The molecule has 2 heteroatoms. The van der Waals surface area contributed by atoms with Crippen LogP contribution in [0.2, 0.25) is 0 Å². The molecule has 0 saturated carbocycles. The van der Waals surface area contributed by atoms with Gasteiger partial charge in [0.1, 0.15) is 0 Å². The van der Waals surface area contributed by atoms with Crippen LogP contribution in [-0.2, 0) is 22.7 Å². The zero-order valence-electron chi connectivity index (χ0n) is 13.2. The quantitative estimate of drug-likeness (QED) is 0.621. The number of hydrogen-bond donors (Lipinski definition) is 0. The first-order valence-electron chi connectivity index (χ1n) is 7.79. The van der Waals surface area contributed by atoms with Crippen LogP contribution in [0.1, 0.15) is 24.5 Å². The molecule has 0 aliphatic carbocycles. The Morgan fingerprint density at radius 1 is 0.773 bits per heavy atom. The molecule has 2 aromatic rings. The van der Waals surface area contributed by atoms with E-state index in [4.69, 9.17) is 9.47 Å². The molecule has 0 aliphatic rings. The monoisotopic (exact) mass is 296 g/mol. The third-order valence-electron chi connectivity index (χ3n) is 3.29. The highest BCUT2D eigenvalue weighted by atomic mass is 16.5. The maximum Gasteiger partial charge on any atom is 0.0721 e. The van der Waals surface area contributed by atoms with Crippen LogP contribution in [0.15, 0.2) is 72.3 Å². The van der Waals surface area contributed by atoms with Gasteiger partial charge in [-0.3, -0.25) is 0 Å². The van der Waals surface area contributed by atoms with E-state index >= 15 is 0 Å². The lowest BCUT2D eigenvalue weighted by molar-refractivity contribution is 0.105. The maximum absolute atomic E-state index is 5.79. The summed E-state index contributed by atoms with van der Waals surface area (Å²) < 4.78 is 11.6. The number of rotatable bonds is 9. The van der Waals surface area contributed by atoms with E-state index in [0.29, 0.717) is 26.4 Å². The molecule has 0 heterocycles. The van der Waals surface area contributed by atoms with Crippen molar-refractivity contribution in [1.29, 1.82) is 0 Å². The van der Waals surface area contributed by atoms with Gasteiger partial charge in [-0.05, 0) is 23.1 Å². The van der Waals surface area contributed by atoms with Crippen molar-refractivity contribution in [2.24, 2.45) is 0 Å². The minimum Gasteiger partial charge on any atom is -0.372 e. The summed E-state index contributed by atoms with van der Waals surface area (Å²) in [7, 11) is 0. The van der Waals surface area contributed by atoms with Gasteiger partial charge in [0.25, 0.3) is 0 Å². The van der Waals surface area contributed by atoms with E-state index in [-0.39, 0.29) is 0 Å². The van der Waals surface area contributed by atoms with Gasteiger partial charge >= 0.3 is 0 Å². The average molecular weight is 296 g/mol. The maximum atomic E-state index is 5.79. The smallest absolute Gasteiger partial charge is 0.0721 e. The summed E-state index contributed by atoms with van der Waals surface area (Å²) in [6.45, 7) is 4.66. The van der Waals surface area contributed by atoms with Crippen LogP contribution in [0.3, 0.4) is 0 Å². The van der Waals surface area contributed by atoms with E-state index in [1.807, 2.05) is 36.4 Å². The lowest BCUT2D eigenvalue weighted by atomic mass is 10.2. The van der Waals surface area contributed by atoms with Crippen LogP contribution in [0.5, 0.6) is 0 Å². The number of hydrogen-bond acceptors (Lipinski definition) is 2. The molecule has 22 heavy (non-hydrogen) atoms. The Balaban J connectivity index is 1.72. The summed E-state index contributed by atoms with van der Waals surface area (Å²) in [6, 6.07) is 20.5. The Hall–Kier alpha value is -1.90. The van der Waals surface area contributed by atoms with Crippen molar-refractivity contribution >= 4 is 0 Å². The molecule has 116 valence electrons. The van der Waals surface area contributed by atoms with E-state index < -0.39 is 0 Å². The molecule has 0 aliphatic heterocycles. The summed E-state index contributed by atoms with van der Waals surface area (Å²) in [5.74, 6) is 0. The molecule has 0 N–H and O–H groups in total. The van der Waals surface area contributed by atoms with Crippen molar-refractivity contribution in [3.8, 4) is 0 Å². The van der Waals surface area contributed by atoms with Crippen molar-refractivity contribution in [2.45, 2.75) is 26.6 Å². The van der Waals surface area contributed by atoms with Crippen molar-refractivity contribution in [3.05, 3.63) is 83.4 Å². The Labute approximate surface area is 133 Å². The molecule has 0 fully saturated rings. The minimum absolute atomic E-state index is 0.623. The van der Waals surface area contributed by atoms with Gasteiger partial charge in [0.2, 0.25) is 0 Å². The second kappa shape index (κ2) is 9.93. The summed E-state index contributed by atoms with van der Waals surface area (Å²) >= 11 is 0. The molecule has 0 amide bonds. The summed E-state index contributed by atoms with van der Waals surface area (Å²) in [5.41, 5.74) is 3.60. The first-order chi connectivity index (χ1) is 10.9. The second-order valence-corrected chi connectivity index (χ2v) is 5.23. The van der Waals surface area contributed by atoms with Gasteiger partial charge in [-0.15, -0.1) is 0 Å². The van der Waals surface area contributed by atoms with Crippen molar-refractivity contribution < 1.29 is 9.47 Å². The first kappa shape index (κ1) is 16.5. The largest absolute Gasteiger partial charge is 0.372 e. The predicted molar refractivity (Wildman–Crippen MR) is 90.6 cm³/mol. The highest BCUT2D eigenvalue weighted by molar-refractivity contribution is 5.14. The first-order valence-corrected chi connectivity index (χ1v) is 7.79. The van der Waals surface area contributed by atoms with Gasteiger partial charge in [-0.1, -0.05) is 73.7 Å². The Morgan fingerprint density at radius 2 is 1.23 bits per heavy atom. The normalized spacial score (nSPS) is 10.4. The number of ether oxygens (including phenoxy) is 2. The highest BCUT2D eigenvalue weighted by Gasteiger charge is 2.00. The fourth-order valence-electron chi connectivity index (χ4n) is 2.20. The molecule has 2 nitrogen and oxygen atoms in total. The van der Waals surface area contributed by atoms with Crippen LogP contribution in [-0.4, -0.2) is 13.2 Å². The van der Waals surface area contributed by atoms with Crippen LogP contribution in [0, 0.1) is 0 Å². The topological polar surface area (TPSA) is 18.5 Å². The molecule has 2 rings (SSSR count). The fourth-order valence-corrected chi connectivity index (χ4v) is 2.20. The molecule has 0 saturated heterocycles. The Kier molecular flexibility index (Phi) is 7.44. The van der Waals surface area contributed by atoms with Gasteiger partial charge < -0.3 is 9.47 Å². The molecule has 0 spiro atoms. The third kappa shape index (κ3) is 6.25. The SMILES string of the molecule is CCC=C(COCc1ccccc1)COCc1ccccc1. The molecule has 0 aromatic heterocycles. The molecule has 0 atom stereocenters. The standard InChI is InChI=1S/C20H24O2/c1-2-9-20(16-21-14-18-10-5-3-6-11-18)17-22-15-19-12-7-4-8-13-19/h3-13H,2,14-17H2,1H3. The Bertz CT molecular complexity index is 499. The van der Waals surface area contributed by atoms with E-state index in [1.54, 1.807) is 0 Å². The van der Waals surface area contributed by atoms with Crippen molar-refractivity contribution in [3.63, 3.8) is 0 Å². The van der Waals surface area contributed by atoms with E-state index in [9.17, 15) is 0 Å². The average Bonchev–Trinajstić information content (AvgIpc) is 2.57. The molecule has 2 aromatic carbocycles. The van der Waals surface area contributed by atoms with Gasteiger partial charge in [-0.25, -0.2) is 0 Å². The molecular weight excluding hydrogens is 272 g/mol. The predicted octanol–water partition coefficient (Wildman–Crippen LogP) is 4.76. The second-order valence-electron chi connectivity index (χ2n) is 5.23. The van der Waals surface area contributed by atoms with Crippen LogP contribution in [0.25, 0.3) is 0 Å². The summed E-state index contributed by atoms with van der Waals surface area (Å²) in [5, 5.41) is 0. The summed E-state index contributed by atoms with van der Waals surface area (Å²) in [4.78, 5) is 0. The van der Waals surface area contributed by atoms with Gasteiger partial charge in [0.05, 0.1) is 26.4 Å². The number of allylic oxidation sites excluding steroid dienone is 1. The summed E-state index contributed by atoms with van der Waals surface area (Å²) in [6.07, 6.45) is 3.19. The molecule has 0 bridgehead atoms. The van der Waals surface area contributed by atoms with E-state index in [0.717, 1.165) is 6.42 Å². The minimum atomic E-state index is 0.623. The Morgan fingerprint density at radius 3 is 1.64 bits per heavy atom.